The predicted octanol–water partition coefficient (Wildman–Crippen LogP) is 14.2. The minimum atomic E-state index is 0.917. The molecule has 7 aromatic carbocycles. The van der Waals surface area contributed by atoms with Crippen molar-refractivity contribution in [2.24, 2.45) is 0 Å². The Morgan fingerprint density at radius 2 is 0.776 bits per heavy atom. The Morgan fingerprint density at radius 3 is 1.38 bits per heavy atom. The van der Waals surface area contributed by atoms with E-state index in [4.69, 9.17) is 9.97 Å². The lowest BCUT2D eigenvalue weighted by molar-refractivity contribution is 1.19. The lowest BCUT2D eigenvalue weighted by Crippen LogP contribution is -2.09. The fourth-order valence-corrected chi connectivity index (χ4v) is 7.75. The van der Waals surface area contributed by atoms with Crippen molar-refractivity contribution in [3.05, 3.63) is 231 Å². The fourth-order valence-electron chi connectivity index (χ4n) is 7.75. The van der Waals surface area contributed by atoms with Crippen LogP contribution >= 0.6 is 0 Å². The number of hydrogen-bond acceptors (Lipinski definition) is 3. The van der Waals surface area contributed by atoms with Gasteiger partial charge in [0.1, 0.15) is 5.65 Å². The maximum Gasteiger partial charge on any atom is 0.137 e. The maximum absolute atomic E-state index is 5.15. The predicted molar refractivity (Wildman–Crippen MR) is 240 cm³/mol. The molecule has 274 valence electrons. The molecule has 0 aliphatic carbocycles. The van der Waals surface area contributed by atoms with Gasteiger partial charge in [-0.25, -0.2) is 9.97 Å². The van der Waals surface area contributed by atoms with Gasteiger partial charge in [0, 0.05) is 45.5 Å². The second kappa shape index (κ2) is 15.4. The van der Waals surface area contributed by atoms with Crippen molar-refractivity contribution in [2.75, 3.05) is 4.90 Å². The molecule has 10 rings (SSSR count). The summed E-state index contributed by atoms with van der Waals surface area (Å²) in [4.78, 5) is 12.5. The summed E-state index contributed by atoms with van der Waals surface area (Å²) in [7, 11) is 0. The molecule has 0 saturated heterocycles. The summed E-state index contributed by atoms with van der Waals surface area (Å²) in [5, 5.41) is 0. The zero-order chi connectivity index (χ0) is 38.7. The van der Waals surface area contributed by atoms with E-state index in [9.17, 15) is 0 Å². The summed E-state index contributed by atoms with van der Waals surface area (Å²) in [6.07, 6.45) is 2.09. The third-order valence-electron chi connectivity index (χ3n) is 10.6. The minimum absolute atomic E-state index is 0.917. The second-order valence-corrected chi connectivity index (χ2v) is 14.3. The summed E-state index contributed by atoms with van der Waals surface area (Å²) in [6.45, 7) is 0. The number of nitrogens with zero attached hydrogens (tertiary/aromatic N) is 4. The van der Waals surface area contributed by atoms with Gasteiger partial charge in [0.2, 0.25) is 0 Å². The molecule has 4 nitrogen and oxygen atoms in total. The van der Waals surface area contributed by atoms with E-state index in [1.54, 1.807) is 0 Å². The van der Waals surface area contributed by atoms with Crippen LogP contribution in [0, 0.1) is 0 Å². The normalized spacial score (nSPS) is 11.1. The Balaban J connectivity index is 0.987. The van der Waals surface area contributed by atoms with Gasteiger partial charge in [0.05, 0.1) is 22.8 Å². The smallest absolute Gasteiger partial charge is 0.137 e. The zero-order valence-corrected chi connectivity index (χ0v) is 31.7. The van der Waals surface area contributed by atoms with E-state index in [0.29, 0.717) is 0 Å². The Morgan fingerprint density at radius 1 is 0.310 bits per heavy atom. The summed E-state index contributed by atoms with van der Waals surface area (Å²) in [6, 6.07) is 78.8. The monoisotopic (exact) mass is 742 g/mol. The van der Waals surface area contributed by atoms with Crippen LogP contribution in [0.25, 0.3) is 72.9 Å². The molecule has 3 heterocycles. The molecule has 0 aliphatic rings. The van der Waals surface area contributed by atoms with Crippen molar-refractivity contribution in [1.29, 1.82) is 0 Å². The summed E-state index contributed by atoms with van der Waals surface area (Å²) < 4.78 is 2.18. The molecule has 0 unspecified atom stereocenters. The zero-order valence-electron chi connectivity index (χ0n) is 31.7. The Hall–Kier alpha value is -7.82. The molecule has 0 bridgehead atoms. The molecule has 0 fully saturated rings. The Kier molecular flexibility index (Phi) is 9.18. The van der Waals surface area contributed by atoms with Gasteiger partial charge in [-0.2, -0.15) is 0 Å². The van der Waals surface area contributed by atoms with E-state index < -0.39 is 0 Å². The van der Waals surface area contributed by atoms with Crippen molar-refractivity contribution in [1.82, 2.24) is 14.4 Å². The van der Waals surface area contributed by atoms with Crippen LogP contribution in [0.2, 0.25) is 0 Å². The van der Waals surface area contributed by atoms with Crippen LogP contribution < -0.4 is 4.90 Å². The molecule has 0 radical (unpaired) electrons. The van der Waals surface area contributed by atoms with Crippen molar-refractivity contribution in [2.45, 2.75) is 0 Å². The quantitative estimate of drug-likeness (QED) is 0.148. The molecule has 0 aliphatic heterocycles. The van der Waals surface area contributed by atoms with Crippen LogP contribution in [0.4, 0.5) is 17.1 Å². The standard InChI is InChI=1S/C54H38N4/c1-5-16-42(17-6-1)50-37-46(38-51(55-50)43-18-7-2-8-19-43)41-29-27-39(28-30-41)40-31-33-48(34-32-40)58(47-23-11-4-12-24-47)49-25-15-22-45(36-49)53-54(44-20-9-3-10-21-44)57-35-14-13-26-52(57)56-53/h1-38H. The number of para-hydroxylation sites is 1. The van der Waals surface area contributed by atoms with Crippen LogP contribution in [0.3, 0.4) is 0 Å². The van der Waals surface area contributed by atoms with Gasteiger partial charge < -0.3 is 4.90 Å². The molecular formula is C54H38N4. The van der Waals surface area contributed by atoms with Crippen molar-refractivity contribution < 1.29 is 0 Å². The second-order valence-electron chi connectivity index (χ2n) is 14.3. The highest BCUT2D eigenvalue weighted by Gasteiger charge is 2.19. The molecule has 0 atom stereocenters. The summed E-state index contributed by atoms with van der Waals surface area (Å²) >= 11 is 0. The lowest BCUT2D eigenvalue weighted by atomic mass is 9.97. The van der Waals surface area contributed by atoms with Gasteiger partial charge in [0.15, 0.2) is 0 Å². The van der Waals surface area contributed by atoms with E-state index >= 15 is 0 Å². The molecule has 0 saturated carbocycles. The number of fused-ring (bicyclic) bond motifs is 1. The third-order valence-corrected chi connectivity index (χ3v) is 10.6. The number of aromatic nitrogens is 3. The fraction of sp³-hybridized carbons (Fsp3) is 0. The van der Waals surface area contributed by atoms with Crippen LogP contribution in [0.1, 0.15) is 0 Å². The van der Waals surface area contributed by atoms with Crippen LogP contribution in [0.5, 0.6) is 0 Å². The van der Waals surface area contributed by atoms with E-state index in [2.05, 4.69) is 222 Å². The van der Waals surface area contributed by atoms with Gasteiger partial charge in [-0.1, -0.05) is 164 Å². The largest absolute Gasteiger partial charge is 0.310 e. The first-order chi connectivity index (χ1) is 28.7. The molecule has 0 amide bonds. The van der Waals surface area contributed by atoms with Gasteiger partial charge in [-0.15, -0.1) is 0 Å². The van der Waals surface area contributed by atoms with Crippen molar-refractivity contribution in [3.63, 3.8) is 0 Å². The molecule has 0 N–H and O–H groups in total. The first-order valence-corrected chi connectivity index (χ1v) is 19.6. The molecule has 3 aromatic heterocycles. The summed E-state index contributed by atoms with van der Waals surface area (Å²) in [5.74, 6) is 0. The van der Waals surface area contributed by atoms with E-state index in [1.807, 2.05) is 18.2 Å². The molecular weight excluding hydrogens is 705 g/mol. The van der Waals surface area contributed by atoms with Crippen LogP contribution in [-0.4, -0.2) is 14.4 Å². The van der Waals surface area contributed by atoms with Crippen LogP contribution in [0.15, 0.2) is 231 Å². The highest BCUT2D eigenvalue weighted by Crippen LogP contribution is 2.40. The van der Waals surface area contributed by atoms with Gasteiger partial charge >= 0.3 is 0 Å². The Labute approximate surface area is 338 Å². The van der Waals surface area contributed by atoms with E-state index in [1.165, 1.54) is 0 Å². The third kappa shape index (κ3) is 6.84. The number of pyridine rings is 2. The average molecular weight is 743 g/mol. The van der Waals surface area contributed by atoms with E-state index in [-0.39, 0.29) is 0 Å². The minimum Gasteiger partial charge on any atom is -0.310 e. The van der Waals surface area contributed by atoms with Gasteiger partial charge in [-0.3, -0.25) is 4.40 Å². The number of benzene rings is 7. The van der Waals surface area contributed by atoms with Gasteiger partial charge in [0.25, 0.3) is 0 Å². The topological polar surface area (TPSA) is 33.4 Å². The number of imidazole rings is 1. The molecule has 4 heteroatoms. The number of hydrogen-bond donors (Lipinski definition) is 0. The van der Waals surface area contributed by atoms with Crippen molar-refractivity contribution >= 4 is 22.7 Å². The molecule has 0 spiro atoms. The first kappa shape index (κ1) is 34.7. The number of rotatable bonds is 9. The maximum atomic E-state index is 5.15. The molecule has 10 aromatic rings. The highest BCUT2D eigenvalue weighted by atomic mass is 15.1. The number of anilines is 3. The van der Waals surface area contributed by atoms with E-state index in [0.717, 1.165) is 90.0 Å². The average Bonchev–Trinajstić information content (AvgIpc) is 3.71. The highest BCUT2D eigenvalue weighted by molar-refractivity contribution is 5.86. The van der Waals surface area contributed by atoms with Crippen LogP contribution in [-0.2, 0) is 0 Å². The Bertz CT molecular complexity index is 2900. The summed E-state index contributed by atoms with van der Waals surface area (Å²) in [5.41, 5.74) is 17.0. The lowest BCUT2D eigenvalue weighted by Gasteiger charge is -2.26. The van der Waals surface area contributed by atoms with Gasteiger partial charge in [-0.05, 0) is 82.9 Å². The van der Waals surface area contributed by atoms with Crippen molar-refractivity contribution in [3.8, 4) is 67.3 Å². The first-order valence-electron chi connectivity index (χ1n) is 19.6. The molecule has 58 heavy (non-hydrogen) atoms. The SMILES string of the molecule is c1ccc(-c2cc(-c3ccc(-c4ccc(N(c5ccccc5)c5cccc(-c6nc7ccccn7c6-c6ccccc6)c5)cc4)cc3)cc(-c3ccccc3)n2)cc1.